The van der Waals surface area contributed by atoms with Crippen molar-refractivity contribution in [3.8, 4) is 0 Å². The van der Waals surface area contributed by atoms with Crippen LogP contribution >= 0.6 is 0 Å². The van der Waals surface area contributed by atoms with Gasteiger partial charge in [0.15, 0.2) is 11.6 Å². The van der Waals surface area contributed by atoms with Crippen LogP contribution in [0.5, 0.6) is 0 Å². The number of carbonyl (C=O) groups is 2. The third kappa shape index (κ3) is 6.43. The molecule has 1 aromatic carbocycles. The summed E-state index contributed by atoms with van der Waals surface area (Å²) in [5.41, 5.74) is 1.08. The lowest BCUT2D eigenvalue weighted by atomic mass is 10.2. The van der Waals surface area contributed by atoms with E-state index in [-0.39, 0.29) is 30.6 Å². The Kier molecular flexibility index (Phi) is 8.15. The normalized spacial score (nSPS) is 10.7. The third-order valence-corrected chi connectivity index (χ3v) is 4.48. The van der Waals surface area contributed by atoms with Gasteiger partial charge in [-0.05, 0) is 30.2 Å². The predicted molar refractivity (Wildman–Crippen MR) is 113 cm³/mol. The number of hydrogen-bond donors (Lipinski definition) is 1. The zero-order valence-corrected chi connectivity index (χ0v) is 17.6. The summed E-state index contributed by atoms with van der Waals surface area (Å²) in [5, 5.41) is 2.49. The van der Waals surface area contributed by atoms with Gasteiger partial charge in [0.2, 0.25) is 5.91 Å². The van der Waals surface area contributed by atoms with Crippen LogP contribution in [0.15, 0.2) is 49.2 Å². The highest BCUT2D eigenvalue weighted by Gasteiger charge is 2.22. The van der Waals surface area contributed by atoms with Crippen molar-refractivity contribution in [1.82, 2.24) is 14.4 Å². The zero-order valence-electron chi connectivity index (χ0n) is 17.6. The summed E-state index contributed by atoms with van der Waals surface area (Å²) < 4.78 is 28.5. The van der Waals surface area contributed by atoms with Gasteiger partial charge in [0, 0.05) is 43.8 Å². The molecule has 0 spiro atoms. The van der Waals surface area contributed by atoms with E-state index < -0.39 is 17.7 Å². The van der Waals surface area contributed by atoms with Crippen LogP contribution in [-0.2, 0) is 18.4 Å². The Labute approximate surface area is 175 Å². The van der Waals surface area contributed by atoms with Gasteiger partial charge in [-0.2, -0.15) is 0 Å². The maximum absolute atomic E-state index is 13.4. The predicted octanol–water partition coefficient (Wildman–Crippen LogP) is 4.01. The van der Waals surface area contributed by atoms with Gasteiger partial charge in [0.1, 0.15) is 6.54 Å². The van der Waals surface area contributed by atoms with Crippen molar-refractivity contribution >= 4 is 17.6 Å². The minimum atomic E-state index is -1.06. The molecule has 0 bridgehead atoms. The average molecular weight is 418 g/mol. The summed E-state index contributed by atoms with van der Waals surface area (Å²) in [6.07, 6.45) is 3.41. The molecular formula is C22H28F2N4O2. The van der Waals surface area contributed by atoms with E-state index in [1.165, 1.54) is 17.0 Å². The Balaban J connectivity index is 2.11. The standard InChI is InChI=1S/C22H28F2N4O2/c1-5-10-27(22(30)25-17-8-9-19(23)20(24)12-17)15-21(29)28(13-16(2)3)14-18-7-6-11-26(18)4/h5-9,11-12,16H,1,10,13-15H2,2-4H3,(H,25,30). The van der Waals surface area contributed by atoms with Crippen molar-refractivity contribution < 1.29 is 18.4 Å². The first-order valence-electron chi connectivity index (χ1n) is 9.71. The first-order valence-corrected chi connectivity index (χ1v) is 9.71. The van der Waals surface area contributed by atoms with Crippen LogP contribution in [-0.4, -0.2) is 45.9 Å². The second-order valence-electron chi connectivity index (χ2n) is 7.51. The molecule has 6 nitrogen and oxygen atoms in total. The molecule has 1 heterocycles. The summed E-state index contributed by atoms with van der Waals surface area (Å²) in [6, 6.07) is 6.33. The molecule has 8 heteroatoms. The number of anilines is 1. The number of nitrogens with zero attached hydrogens (tertiary/aromatic N) is 3. The molecule has 1 aromatic heterocycles. The zero-order chi connectivity index (χ0) is 22.3. The van der Waals surface area contributed by atoms with Crippen molar-refractivity contribution in [2.45, 2.75) is 20.4 Å². The molecule has 2 aromatic rings. The van der Waals surface area contributed by atoms with Crippen molar-refractivity contribution in [2.24, 2.45) is 13.0 Å². The fourth-order valence-corrected chi connectivity index (χ4v) is 2.97. The van der Waals surface area contributed by atoms with E-state index in [1.54, 1.807) is 4.90 Å². The van der Waals surface area contributed by atoms with Crippen molar-refractivity contribution in [3.05, 3.63) is 66.5 Å². The number of aryl methyl sites for hydroxylation is 1. The van der Waals surface area contributed by atoms with Gasteiger partial charge >= 0.3 is 6.03 Å². The Morgan fingerprint density at radius 2 is 1.93 bits per heavy atom. The lowest BCUT2D eigenvalue weighted by molar-refractivity contribution is -0.132. The first kappa shape index (κ1) is 23.1. The number of halogens is 2. The summed E-state index contributed by atoms with van der Waals surface area (Å²) in [5.74, 6) is -2.04. The number of benzene rings is 1. The van der Waals surface area contributed by atoms with Gasteiger partial charge in [-0.3, -0.25) is 4.79 Å². The summed E-state index contributed by atoms with van der Waals surface area (Å²) in [7, 11) is 1.91. The highest BCUT2D eigenvalue weighted by atomic mass is 19.2. The largest absolute Gasteiger partial charge is 0.353 e. The quantitative estimate of drug-likeness (QED) is 0.626. The van der Waals surface area contributed by atoms with Gasteiger partial charge in [-0.15, -0.1) is 6.58 Å². The van der Waals surface area contributed by atoms with Crippen molar-refractivity contribution in [1.29, 1.82) is 0 Å². The molecule has 0 saturated carbocycles. The lowest BCUT2D eigenvalue weighted by Gasteiger charge is -2.28. The van der Waals surface area contributed by atoms with Crippen LogP contribution in [0.4, 0.5) is 19.3 Å². The van der Waals surface area contributed by atoms with Gasteiger partial charge in [0.25, 0.3) is 0 Å². The van der Waals surface area contributed by atoms with Gasteiger partial charge < -0.3 is 19.7 Å². The topological polar surface area (TPSA) is 57.6 Å². The maximum atomic E-state index is 13.4. The monoisotopic (exact) mass is 418 g/mol. The number of hydrogen-bond acceptors (Lipinski definition) is 2. The highest BCUT2D eigenvalue weighted by molar-refractivity contribution is 5.92. The van der Waals surface area contributed by atoms with E-state index in [1.807, 2.05) is 43.8 Å². The number of urea groups is 1. The second kappa shape index (κ2) is 10.6. The van der Waals surface area contributed by atoms with Crippen molar-refractivity contribution in [2.75, 3.05) is 25.0 Å². The van der Waals surface area contributed by atoms with Crippen molar-refractivity contribution in [3.63, 3.8) is 0 Å². The Bertz CT molecular complexity index is 895. The number of rotatable bonds is 9. The van der Waals surface area contributed by atoms with Crippen LogP contribution < -0.4 is 5.32 Å². The molecule has 2 rings (SSSR count). The van der Waals surface area contributed by atoms with Gasteiger partial charge in [-0.1, -0.05) is 19.9 Å². The Morgan fingerprint density at radius 3 is 2.50 bits per heavy atom. The molecule has 0 atom stereocenters. The van der Waals surface area contributed by atoms with E-state index in [9.17, 15) is 18.4 Å². The van der Waals surface area contributed by atoms with E-state index in [0.717, 1.165) is 17.8 Å². The molecule has 0 aliphatic carbocycles. The van der Waals surface area contributed by atoms with Crippen LogP contribution in [0, 0.1) is 17.6 Å². The van der Waals surface area contributed by atoms with Crippen LogP contribution in [0.1, 0.15) is 19.5 Å². The molecule has 0 unspecified atom stereocenters. The molecule has 1 N–H and O–H groups in total. The number of amides is 3. The molecule has 162 valence electrons. The molecule has 0 fully saturated rings. The van der Waals surface area contributed by atoms with Crippen LogP contribution in [0.3, 0.4) is 0 Å². The molecule has 0 radical (unpaired) electrons. The number of nitrogens with one attached hydrogen (secondary N) is 1. The smallest absolute Gasteiger partial charge is 0.322 e. The summed E-state index contributed by atoms with van der Waals surface area (Å²) in [4.78, 5) is 28.6. The SMILES string of the molecule is C=CCN(CC(=O)N(Cc1cccn1C)CC(C)C)C(=O)Nc1ccc(F)c(F)c1. The first-order chi connectivity index (χ1) is 14.2. The highest BCUT2D eigenvalue weighted by Crippen LogP contribution is 2.14. The number of aromatic nitrogens is 1. The van der Waals surface area contributed by atoms with E-state index in [2.05, 4.69) is 11.9 Å². The molecular weight excluding hydrogens is 390 g/mol. The van der Waals surface area contributed by atoms with Gasteiger partial charge in [-0.25, -0.2) is 13.6 Å². The number of carbonyl (C=O) groups excluding carboxylic acids is 2. The maximum Gasteiger partial charge on any atom is 0.322 e. The molecule has 0 aliphatic heterocycles. The molecule has 3 amide bonds. The second-order valence-corrected chi connectivity index (χ2v) is 7.51. The lowest BCUT2D eigenvalue weighted by Crippen LogP contribution is -2.45. The summed E-state index contributed by atoms with van der Waals surface area (Å²) >= 11 is 0. The van der Waals surface area contributed by atoms with Gasteiger partial charge in [0.05, 0.1) is 6.54 Å². The fraction of sp³-hybridized carbons (Fsp3) is 0.364. The van der Waals surface area contributed by atoms with E-state index in [0.29, 0.717) is 13.1 Å². The summed E-state index contributed by atoms with van der Waals surface area (Å²) in [6.45, 7) is 8.58. The van der Waals surface area contributed by atoms with E-state index in [4.69, 9.17) is 0 Å². The third-order valence-electron chi connectivity index (χ3n) is 4.48. The van der Waals surface area contributed by atoms with Crippen LogP contribution in [0.25, 0.3) is 0 Å². The Hall–Kier alpha value is -3.16. The minimum absolute atomic E-state index is 0.100. The minimum Gasteiger partial charge on any atom is -0.353 e. The molecule has 30 heavy (non-hydrogen) atoms. The fourth-order valence-electron chi connectivity index (χ4n) is 2.97. The Morgan fingerprint density at radius 1 is 1.20 bits per heavy atom. The molecule has 0 saturated heterocycles. The van der Waals surface area contributed by atoms with E-state index >= 15 is 0 Å². The molecule has 0 aliphatic rings. The van der Waals surface area contributed by atoms with Crippen LogP contribution in [0.2, 0.25) is 0 Å². The average Bonchev–Trinajstić information content (AvgIpc) is 3.08.